The third kappa shape index (κ3) is 4.65. The molecule has 2 unspecified atom stereocenters. The highest BCUT2D eigenvalue weighted by molar-refractivity contribution is 7.11. The first-order chi connectivity index (χ1) is 8.58. The van der Waals surface area contributed by atoms with Crippen LogP contribution in [-0.2, 0) is 4.74 Å². The normalized spacial score (nSPS) is 14.7. The molecular weight excluding hydrogens is 246 g/mol. The monoisotopic (exact) mass is 271 g/mol. The maximum atomic E-state index is 5.57. The van der Waals surface area contributed by atoms with E-state index in [1.807, 2.05) is 0 Å². The molecule has 0 amide bonds. The molecule has 3 N–H and O–H groups in total. The van der Waals surface area contributed by atoms with E-state index in [-0.39, 0.29) is 0 Å². The topological polar surface area (TPSA) is 60.2 Å². The number of methoxy groups -OCH3 is 1. The largest absolute Gasteiger partial charge is 0.383 e. The van der Waals surface area contributed by atoms with Crippen molar-refractivity contribution in [2.24, 2.45) is 5.73 Å². The molecule has 2 atom stereocenters. The Kier molecular flexibility index (Phi) is 6.78. The minimum absolute atomic E-state index is 0.314. The summed E-state index contributed by atoms with van der Waals surface area (Å²) in [6.45, 7) is 7.76. The van der Waals surface area contributed by atoms with Crippen LogP contribution in [0.15, 0.2) is 0 Å². The molecule has 0 aliphatic heterocycles. The second-order valence-electron chi connectivity index (χ2n) is 4.65. The Balaban J connectivity index is 2.59. The number of hydrogen-bond acceptors (Lipinski definition) is 5. The third-order valence-electron chi connectivity index (χ3n) is 2.94. The van der Waals surface area contributed by atoms with Crippen LogP contribution in [0.3, 0.4) is 0 Å². The van der Waals surface area contributed by atoms with E-state index in [0.717, 1.165) is 36.7 Å². The second kappa shape index (κ2) is 7.84. The fraction of sp³-hybridized carbons (Fsp3) is 0.769. The van der Waals surface area contributed by atoms with Crippen molar-refractivity contribution < 1.29 is 4.74 Å². The van der Waals surface area contributed by atoms with Crippen LogP contribution in [0.1, 0.15) is 41.4 Å². The van der Waals surface area contributed by atoms with Gasteiger partial charge in [0.15, 0.2) is 0 Å². The van der Waals surface area contributed by atoms with Gasteiger partial charge in [-0.1, -0.05) is 0 Å². The third-order valence-corrected chi connectivity index (χ3v) is 4.20. The van der Waals surface area contributed by atoms with E-state index in [1.165, 1.54) is 4.88 Å². The lowest BCUT2D eigenvalue weighted by atomic mass is 10.1. The molecule has 1 heterocycles. The zero-order valence-electron chi connectivity index (χ0n) is 11.8. The summed E-state index contributed by atoms with van der Waals surface area (Å²) >= 11 is 1.77. The second-order valence-corrected chi connectivity index (χ2v) is 5.89. The lowest BCUT2D eigenvalue weighted by Gasteiger charge is -2.22. The molecule has 0 bridgehead atoms. The van der Waals surface area contributed by atoms with Crippen molar-refractivity contribution in [2.45, 2.75) is 45.7 Å². The number of rotatable bonds is 8. The van der Waals surface area contributed by atoms with Crippen molar-refractivity contribution >= 4 is 11.3 Å². The molecule has 1 aromatic heterocycles. The first-order valence-corrected chi connectivity index (χ1v) is 7.29. The molecule has 0 saturated heterocycles. The van der Waals surface area contributed by atoms with E-state index in [9.17, 15) is 0 Å². The molecule has 0 radical (unpaired) electrons. The number of hydrogen-bond donors (Lipinski definition) is 2. The van der Waals surface area contributed by atoms with Gasteiger partial charge in [-0.2, -0.15) is 0 Å². The number of aromatic nitrogens is 1. The Morgan fingerprint density at radius 3 is 2.67 bits per heavy atom. The number of thiazole rings is 1. The zero-order valence-corrected chi connectivity index (χ0v) is 12.6. The zero-order chi connectivity index (χ0) is 13.5. The van der Waals surface area contributed by atoms with Gasteiger partial charge in [0.05, 0.1) is 17.3 Å². The molecule has 4 nitrogen and oxygen atoms in total. The smallest absolute Gasteiger partial charge is 0.0900 e. The maximum absolute atomic E-state index is 5.57. The predicted octanol–water partition coefficient (Wildman–Crippen LogP) is 2.16. The number of aryl methyl sites for hydroxylation is 2. The lowest BCUT2D eigenvalue weighted by molar-refractivity contribution is 0.157. The van der Waals surface area contributed by atoms with Crippen molar-refractivity contribution in [3.05, 3.63) is 15.6 Å². The SMILES string of the molecule is COCC(CCCN)NC(C)c1sc(C)nc1C. The highest BCUT2D eigenvalue weighted by atomic mass is 32.1. The van der Waals surface area contributed by atoms with Crippen LogP contribution in [-0.4, -0.2) is 31.3 Å². The summed E-state index contributed by atoms with van der Waals surface area (Å²) < 4.78 is 5.26. The molecular formula is C13H25N3OS. The lowest BCUT2D eigenvalue weighted by Crippen LogP contribution is -2.35. The van der Waals surface area contributed by atoms with E-state index in [4.69, 9.17) is 10.5 Å². The van der Waals surface area contributed by atoms with Crippen LogP contribution in [0.25, 0.3) is 0 Å². The molecule has 1 aromatic rings. The maximum Gasteiger partial charge on any atom is 0.0900 e. The average molecular weight is 271 g/mol. The molecule has 104 valence electrons. The van der Waals surface area contributed by atoms with Crippen LogP contribution in [0.4, 0.5) is 0 Å². The molecule has 18 heavy (non-hydrogen) atoms. The van der Waals surface area contributed by atoms with Gasteiger partial charge in [0.2, 0.25) is 0 Å². The highest BCUT2D eigenvalue weighted by Gasteiger charge is 2.17. The molecule has 0 aromatic carbocycles. The van der Waals surface area contributed by atoms with Crippen LogP contribution < -0.4 is 11.1 Å². The van der Waals surface area contributed by atoms with E-state index >= 15 is 0 Å². The Morgan fingerprint density at radius 2 is 2.17 bits per heavy atom. The molecule has 0 spiro atoms. The standard InChI is InChI=1S/C13H25N3OS/c1-9-13(18-11(3)15-9)10(2)16-12(8-17-4)6-5-7-14/h10,12,16H,5-8,14H2,1-4H3. The highest BCUT2D eigenvalue weighted by Crippen LogP contribution is 2.25. The van der Waals surface area contributed by atoms with Crippen LogP contribution in [0.5, 0.6) is 0 Å². The number of nitrogens with one attached hydrogen (secondary N) is 1. The summed E-state index contributed by atoms with van der Waals surface area (Å²) in [5, 5.41) is 4.74. The molecule has 0 fully saturated rings. The van der Waals surface area contributed by atoms with Gasteiger partial charge < -0.3 is 15.8 Å². The van der Waals surface area contributed by atoms with Crippen LogP contribution in [0.2, 0.25) is 0 Å². The molecule has 0 aliphatic carbocycles. The van der Waals surface area contributed by atoms with Gasteiger partial charge in [-0.3, -0.25) is 0 Å². The van der Waals surface area contributed by atoms with Crippen LogP contribution in [0, 0.1) is 13.8 Å². The van der Waals surface area contributed by atoms with Gasteiger partial charge in [0, 0.05) is 24.1 Å². The average Bonchev–Trinajstić information content (AvgIpc) is 2.65. The van der Waals surface area contributed by atoms with E-state index in [2.05, 4.69) is 31.1 Å². The van der Waals surface area contributed by atoms with E-state index < -0.39 is 0 Å². The Labute approximate surface area is 114 Å². The number of nitrogens with two attached hydrogens (primary N) is 1. The van der Waals surface area contributed by atoms with E-state index in [1.54, 1.807) is 18.4 Å². The van der Waals surface area contributed by atoms with Gasteiger partial charge in [-0.15, -0.1) is 11.3 Å². The quantitative estimate of drug-likeness (QED) is 0.760. The number of ether oxygens (including phenoxy) is 1. The van der Waals surface area contributed by atoms with Crippen molar-refractivity contribution in [2.75, 3.05) is 20.3 Å². The molecule has 0 aliphatic rings. The minimum atomic E-state index is 0.314. The van der Waals surface area contributed by atoms with Crippen molar-refractivity contribution in [3.63, 3.8) is 0 Å². The summed E-state index contributed by atoms with van der Waals surface area (Å²) in [5.74, 6) is 0. The first kappa shape index (κ1) is 15.6. The molecule has 0 saturated carbocycles. The van der Waals surface area contributed by atoms with Gasteiger partial charge >= 0.3 is 0 Å². The Morgan fingerprint density at radius 1 is 1.44 bits per heavy atom. The fourth-order valence-corrected chi connectivity index (χ4v) is 3.10. The van der Waals surface area contributed by atoms with Gasteiger partial charge in [0.1, 0.15) is 0 Å². The van der Waals surface area contributed by atoms with E-state index in [0.29, 0.717) is 12.1 Å². The van der Waals surface area contributed by atoms with Crippen LogP contribution >= 0.6 is 11.3 Å². The summed E-state index contributed by atoms with van der Waals surface area (Å²) in [4.78, 5) is 5.80. The fourth-order valence-electron chi connectivity index (χ4n) is 2.16. The van der Waals surface area contributed by atoms with Gasteiger partial charge in [-0.05, 0) is 40.2 Å². The number of nitrogens with zero attached hydrogens (tertiary/aromatic N) is 1. The van der Waals surface area contributed by atoms with Crippen molar-refractivity contribution in [1.82, 2.24) is 10.3 Å². The molecule has 5 heteroatoms. The van der Waals surface area contributed by atoms with Gasteiger partial charge in [0.25, 0.3) is 0 Å². The predicted molar refractivity (Wildman–Crippen MR) is 77.1 cm³/mol. The summed E-state index contributed by atoms with van der Waals surface area (Å²) in [7, 11) is 1.74. The van der Waals surface area contributed by atoms with Crippen molar-refractivity contribution in [3.8, 4) is 0 Å². The molecule has 1 rings (SSSR count). The summed E-state index contributed by atoms with van der Waals surface area (Å²) in [5.41, 5.74) is 6.70. The summed E-state index contributed by atoms with van der Waals surface area (Å²) in [6, 6.07) is 0.671. The first-order valence-electron chi connectivity index (χ1n) is 6.47. The minimum Gasteiger partial charge on any atom is -0.383 e. The van der Waals surface area contributed by atoms with Gasteiger partial charge in [-0.25, -0.2) is 4.98 Å². The summed E-state index contributed by atoms with van der Waals surface area (Å²) in [6.07, 6.45) is 2.07. The Hall–Kier alpha value is -0.490. The van der Waals surface area contributed by atoms with Crippen molar-refractivity contribution in [1.29, 1.82) is 0 Å². The Bertz CT molecular complexity index is 354.